The molecule has 0 N–H and O–H groups in total. The second kappa shape index (κ2) is 3.87. The van der Waals surface area contributed by atoms with E-state index in [-0.39, 0.29) is 10.6 Å². The monoisotopic (exact) mass is 224 g/mol. The molecule has 0 unspecified atom stereocenters. The lowest BCUT2D eigenvalue weighted by atomic mass is 10.1. The normalized spacial score (nSPS) is 10.3. The zero-order chi connectivity index (χ0) is 10.8. The maximum absolute atomic E-state index is 13.4. The van der Waals surface area contributed by atoms with Crippen LogP contribution in [-0.2, 0) is 0 Å². The Morgan fingerprint density at radius 1 is 1.33 bits per heavy atom. The molecule has 4 heteroatoms. The molecule has 2 aromatic rings. The molecule has 15 heavy (non-hydrogen) atoms. The lowest BCUT2D eigenvalue weighted by molar-refractivity contribution is 0.103. The predicted octanol–water partition coefficient (Wildman–Crippen LogP) is 3.30. The minimum Gasteiger partial charge on any atom is -0.472 e. The molecule has 0 aliphatic heterocycles. The van der Waals surface area contributed by atoms with Crippen LogP contribution in [0.25, 0.3) is 0 Å². The highest BCUT2D eigenvalue weighted by molar-refractivity contribution is 6.30. The molecule has 0 radical (unpaired) electrons. The van der Waals surface area contributed by atoms with Crippen molar-refractivity contribution in [1.82, 2.24) is 0 Å². The molecule has 1 aromatic carbocycles. The van der Waals surface area contributed by atoms with Gasteiger partial charge in [0.1, 0.15) is 12.1 Å². The fourth-order valence-electron chi connectivity index (χ4n) is 1.22. The standard InChI is InChI=1S/C11H6ClFO2/c12-8-1-2-9(10(13)5-8)11(14)7-3-4-15-6-7/h1-6H. The molecule has 2 rings (SSSR count). The molecular formula is C11H6ClFO2. The lowest BCUT2D eigenvalue weighted by Crippen LogP contribution is -2.02. The van der Waals surface area contributed by atoms with E-state index in [0.717, 1.165) is 6.07 Å². The van der Waals surface area contributed by atoms with Gasteiger partial charge >= 0.3 is 0 Å². The van der Waals surface area contributed by atoms with Crippen LogP contribution in [0.2, 0.25) is 5.02 Å². The van der Waals surface area contributed by atoms with E-state index < -0.39 is 11.6 Å². The Morgan fingerprint density at radius 3 is 2.73 bits per heavy atom. The first-order valence-corrected chi connectivity index (χ1v) is 4.58. The van der Waals surface area contributed by atoms with Crippen molar-refractivity contribution in [2.24, 2.45) is 0 Å². The van der Waals surface area contributed by atoms with Crippen molar-refractivity contribution in [1.29, 1.82) is 0 Å². The van der Waals surface area contributed by atoms with Gasteiger partial charge in [-0.2, -0.15) is 0 Å². The van der Waals surface area contributed by atoms with E-state index in [4.69, 9.17) is 16.0 Å². The number of halogens is 2. The topological polar surface area (TPSA) is 30.2 Å². The molecule has 0 bridgehead atoms. The number of rotatable bonds is 2. The zero-order valence-electron chi connectivity index (χ0n) is 7.54. The van der Waals surface area contributed by atoms with Crippen LogP contribution >= 0.6 is 11.6 Å². The van der Waals surface area contributed by atoms with E-state index in [1.807, 2.05) is 0 Å². The van der Waals surface area contributed by atoms with E-state index in [0.29, 0.717) is 5.56 Å². The second-order valence-electron chi connectivity index (χ2n) is 2.97. The number of benzene rings is 1. The van der Waals surface area contributed by atoms with Gasteiger partial charge in [0.05, 0.1) is 17.4 Å². The number of carbonyl (C=O) groups excluding carboxylic acids is 1. The Labute approximate surface area is 90.3 Å². The maximum atomic E-state index is 13.4. The summed E-state index contributed by atoms with van der Waals surface area (Å²) in [5.41, 5.74) is 0.303. The van der Waals surface area contributed by atoms with Crippen LogP contribution in [-0.4, -0.2) is 5.78 Å². The summed E-state index contributed by atoms with van der Waals surface area (Å²) in [6.45, 7) is 0. The van der Waals surface area contributed by atoms with Crippen molar-refractivity contribution >= 4 is 17.4 Å². The van der Waals surface area contributed by atoms with Crippen molar-refractivity contribution in [2.45, 2.75) is 0 Å². The van der Waals surface area contributed by atoms with E-state index in [2.05, 4.69) is 0 Å². The Hall–Kier alpha value is -1.61. The summed E-state index contributed by atoms with van der Waals surface area (Å²) in [6, 6.07) is 5.41. The van der Waals surface area contributed by atoms with Crippen molar-refractivity contribution in [3.8, 4) is 0 Å². The van der Waals surface area contributed by atoms with Gasteiger partial charge in [0.15, 0.2) is 5.78 Å². The van der Waals surface area contributed by atoms with Crippen LogP contribution in [0.15, 0.2) is 41.2 Å². The molecule has 0 amide bonds. The number of hydrogen-bond acceptors (Lipinski definition) is 2. The first-order valence-electron chi connectivity index (χ1n) is 4.20. The first kappa shape index (κ1) is 9.93. The molecule has 2 nitrogen and oxygen atoms in total. The van der Waals surface area contributed by atoms with Gasteiger partial charge in [-0.1, -0.05) is 11.6 Å². The molecule has 0 atom stereocenters. The number of carbonyl (C=O) groups is 1. The summed E-state index contributed by atoms with van der Waals surface area (Å²) in [6.07, 6.45) is 2.64. The summed E-state index contributed by atoms with van der Waals surface area (Å²) in [4.78, 5) is 11.7. The molecule has 0 spiro atoms. The molecular weight excluding hydrogens is 219 g/mol. The van der Waals surface area contributed by atoms with Gasteiger partial charge in [0.2, 0.25) is 0 Å². The quantitative estimate of drug-likeness (QED) is 0.733. The summed E-state index contributed by atoms with van der Waals surface area (Å²) in [5.74, 6) is -1.05. The molecule has 1 aromatic heterocycles. The number of ketones is 1. The third-order valence-corrected chi connectivity index (χ3v) is 2.19. The summed E-state index contributed by atoms with van der Waals surface area (Å²) in [5, 5.41) is 0.260. The van der Waals surface area contributed by atoms with Crippen molar-refractivity contribution in [3.63, 3.8) is 0 Å². The average molecular weight is 225 g/mol. The fourth-order valence-corrected chi connectivity index (χ4v) is 1.38. The molecule has 0 saturated heterocycles. The summed E-state index contributed by atoms with van der Waals surface area (Å²) in [7, 11) is 0. The van der Waals surface area contributed by atoms with Crippen LogP contribution in [0.1, 0.15) is 15.9 Å². The number of hydrogen-bond donors (Lipinski definition) is 0. The summed E-state index contributed by atoms with van der Waals surface area (Å²) >= 11 is 5.58. The van der Waals surface area contributed by atoms with Crippen molar-refractivity contribution in [3.05, 3.63) is 58.8 Å². The Balaban J connectivity index is 2.42. The fraction of sp³-hybridized carbons (Fsp3) is 0. The van der Waals surface area contributed by atoms with E-state index in [1.165, 1.54) is 30.7 Å². The minimum absolute atomic E-state index is 0.0131. The van der Waals surface area contributed by atoms with E-state index >= 15 is 0 Å². The second-order valence-corrected chi connectivity index (χ2v) is 3.40. The largest absolute Gasteiger partial charge is 0.472 e. The van der Waals surface area contributed by atoms with Crippen LogP contribution in [0.4, 0.5) is 4.39 Å². The highest BCUT2D eigenvalue weighted by Crippen LogP contribution is 2.18. The van der Waals surface area contributed by atoms with Crippen LogP contribution < -0.4 is 0 Å². The maximum Gasteiger partial charge on any atom is 0.199 e. The van der Waals surface area contributed by atoms with E-state index in [1.54, 1.807) is 0 Å². The van der Waals surface area contributed by atoms with Gasteiger partial charge in [-0.05, 0) is 24.3 Å². The zero-order valence-corrected chi connectivity index (χ0v) is 8.29. The van der Waals surface area contributed by atoms with Crippen molar-refractivity contribution < 1.29 is 13.6 Å². The Bertz CT molecular complexity index is 491. The highest BCUT2D eigenvalue weighted by Gasteiger charge is 2.14. The van der Waals surface area contributed by atoms with Gasteiger partial charge in [0.25, 0.3) is 0 Å². The molecule has 0 aliphatic carbocycles. The smallest absolute Gasteiger partial charge is 0.199 e. The van der Waals surface area contributed by atoms with Crippen LogP contribution in [0, 0.1) is 5.82 Å². The lowest BCUT2D eigenvalue weighted by Gasteiger charge is -2.00. The Morgan fingerprint density at radius 2 is 2.13 bits per heavy atom. The Kier molecular flexibility index (Phi) is 2.56. The van der Waals surface area contributed by atoms with Crippen LogP contribution in [0.5, 0.6) is 0 Å². The predicted molar refractivity (Wildman–Crippen MR) is 53.6 cm³/mol. The highest BCUT2D eigenvalue weighted by atomic mass is 35.5. The third-order valence-electron chi connectivity index (χ3n) is 1.96. The van der Waals surface area contributed by atoms with Gasteiger partial charge in [0, 0.05) is 5.02 Å². The van der Waals surface area contributed by atoms with Crippen LogP contribution in [0.3, 0.4) is 0 Å². The van der Waals surface area contributed by atoms with Gasteiger partial charge in [-0.3, -0.25) is 4.79 Å². The molecule has 0 aliphatic rings. The molecule has 0 saturated carbocycles. The van der Waals surface area contributed by atoms with Gasteiger partial charge in [-0.25, -0.2) is 4.39 Å². The SMILES string of the molecule is O=C(c1ccoc1)c1ccc(Cl)cc1F. The van der Waals surface area contributed by atoms with Gasteiger partial charge in [-0.15, -0.1) is 0 Å². The molecule has 1 heterocycles. The van der Waals surface area contributed by atoms with Crippen molar-refractivity contribution in [2.75, 3.05) is 0 Å². The van der Waals surface area contributed by atoms with E-state index in [9.17, 15) is 9.18 Å². The number of furan rings is 1. The third kappa shape index (κ3) is 1.92. The molecule has 76 valence electrons. The first-order chi connectivity index (χ1) is 7.18. The minimum atomic E-state index is -0.631. The van der Waals surface area contributed by atoms with Gasteiger partial charge < -0.3 is 4.42 Å². The molecule has 0 fully saturated rings. The summed E-state index contributed by atoms with van der Waals surface area (Å²) < 4.78 is 18.1. The average Bonchev–Trinajstić information content (AvgIpc) is 2.69.